The molecule has 1 aliphatic heterocycles. The molecule has 1 aromatic carbocycles. The van der Waals surface area contributed by atoms with Crippen LogP contribution in [-0.4, -0.2) is 50.9 Å². The van der Waals surface area contributed by atoms with E-state index >= 15 is 0 Å². The van der Waals surface area contributed by atoms with Crippen molar-refractivity contribution >= 4 is 19.9 Å². The highest BCUT2D eigenvalue weighted by Crippen LogP contribution is 2.55. The standard InChI is InChI=1S/C28H36F6N2O4Si/c1-15-21(17-9-10-18(30)22(31)23(17)38-6)24(39-27(15,5)28(32,33)34)25(37)36-16-11-12-35-19(13-16)20(14-29)40-41(7,8)26(2,3)4/h9-13,15,20-21,24H,14H2,1-8H3,(H,35,36,37)/t15-,20?,21-,24+,27+/m0/s1. The largest absolute Gasteiger partial charge is 0.493 e. The highest BCUT2D eigenvalue weighted by atomic mass is 28.4. The number of anilines is 1. The van der Waals surface area contributed by atoms with Crippen LogP contribution >= 0.6 is 0 Å². The molecule has 228 valence electrons. The van der Waals surface area contributed by atoms with Crippen molar-refractivity contribution in [2.24, 2.45) is 5.92 Å². The van der Waals surface area contributed by atoms with Gasteiger partial charge in [0, 0.05) is 29.3 Å². The summed E-state index contributed by atoms with van der Waals surface area (Å²) in [6.45, 7) is 11.0. The molecular weight excluding hydrogens is 570 g/mol. The number of hydrogen-bond acceptors (Lipinski definition) is 5. The summed E-state index contributed by atoms with van der Waals surface area (Å²) in [5, 5.41) is 2.30. The molecule has 1 saturated heterocycles. The molecule has 5 atom stereocenters. The summed E-state index contributed by atoms with van der Waals surface area (Å²) in [6.07, 6.45) is -6.38. The summed E-state index contributed by atoms with van der Waals surface area (Å²) in [5.74, 6) is -7.01. The molecule has 1 unspecified atom stereocenters. The average molecular weight is 607 g/mol. The molecule has 3 rings (SSSR count). The fourth-order valence-corrected chi connectivity index (χ4v) is 5.91. The zero-order valence-electron chi connectivity index (χ0n) is 24.3. The van der Waals surface area contributed by atoms with Crippen molar-refractivity contribution in [1.29, 1.82) is 0 Å². The topological polar surface area (TPSA) is 69.7 Å². The van der Waals surface area contributed by atoms with Crippen molar-refractivity contribution in [3.05, 3.63) is 53.4 Å². The Labute approximate surface area is 236 Å². The second-order valence-electron chi connectivity index (χ2n) is 11.9. The number of hydrogen-bond donors (Lipinski definition) is 1. The van der Waals surface area contributed by atoms with Crippen molar-refractivity contribution in [2.75, 3.05) is 19.1 Å². The molecule has 2 heterocycles. The molecule has 2 aromatic rings. The van der Waals surface area contributed by atoms with Crippen LogP contribution in [0.1, 0.15) is 57.9 Å². The first-order valence-corrected chi connectivity index (χ1v) is 16.0. The second-order valence-corrected chi connectivity index (χ2v) is 16.7. The second kappa shape index (κ2) is 11.6. The number of amides is 1. The van der Waals surface area contributed by atoms with Crippen molar-refractivity contribution in [2.45, 2.75) is 82.7 Å². The smallest absolute Gasteiger partial charge is 0.417 e. The van der Waals surface area contributed by atoms with Gasteiger partial charge in [0.2, 0.25) is 5.82 Å². The van der Waals surface area contributed by atoms with E-state index in [0.29, 0.717) is 0 Å². The molecule has 0 spiro atoms. The van der Waals surface area contributed by atoms with E-state index in [0.717, 1.165) is 26.2 Å². The van der Waals surface area contributed by atoms with Gasteiger partial charge in [-0.2, -0.15) is 17.6 Å². The lowest BCUT2D eigenvalue weighted by Gasteiger charge is -2.38. The van der Waals surface area contributed by atoms with Gasteiger partial charge in [-0.15, -0.1) is 0 Å². The quantitative estimate of drug-likeness (QED) is 0.249. The Bertz CT molecular complexity index is 1270. The average Bonchev–Trinajstić information content (AvgIpc) is 3.15. The molecule has 0 radical (unpaired) electrons. The van der Waals surface area contributed by atoms with Gasteiger partial charge in [-0.05, 0) is 43.3 Å². The van der Waals surface area contributed by atoms with Crippen LogP contribution in [0.2, 0.25) is 18.1 Å². The Hall–Kier alpha value is -2.64. The number of nitrogens with one attached hydrogen (secondary N) is 1. The van der Waals surface area contributed by atoms with Crippen LogP contribution in [0.15, 0.2) is 30.5 Å². The molecule has 6 nitrogen and oxygen atoms in total. The number of aromatic nitrogens is 1. The summed E-state index contributed by atoms with van der Waals surface area (Å²) in [5.41, 5.74) is -2.64. The number of nitrogens with zero attached hydrogens (tertiary/aromatic N) is 1. The van der Waals surface area contributed by atoms with Crippen LogP contribution in [0.3, 0.4) is 0 Å². The fraction of sp³-hybridized carbons (Fsp3) is 0.571. The van der Waals surface area contributed by atoms with Crippen molar-refractivity contribution in [3.8, 4) is 5.75 Å². The molecule has 41 heavy (non-hydrogen) atoms. The third-order valence-electron chi connectivity index (χ3n) is 8.33. The number of methoxy groups -OCH3 is 1. The van der Waals surface area contributed by atoms with Gasteiger partial charge < -0.3 is 19.2 Å². The van der Waals surface area contributed by atoms with E-state index in [1.807, 2.05) is 33.9 Å². The zero-order valence-corrected chi connectivity index (χ0v) is 25.3. The summed E-state index contributed by atoms with van der Waals surface area (Å²) < 4.78 is 102. The van der Waals surface area contributed by atoms with Crippen LogP contribution in [0.25, 0.3) is 0 Å². The molecule has 1 fully saturated rings. The van der Waals surface area contributed by atoms with Crippen molar-refractivity contribution in [1.82, 2.24) is 4.98 Å². The lowest BCUT2D eigenvalue weighted by molar-refractivity contribution is -0.272. The lowest BCUT2D eigenvalue weighted by atomic mass is 9.77. The predicted molar refractivity (Wildman–Crippen MR) is 144 cm³/mol. The van der Waals surface area contributed by atoms with Crippen LogP contribution in [0, 0.1) is 17.6 Å². The Morgan fingerprint density at radius 3 is 2.37 bits per heavy atom. The Balaban J connectivity index is 1.99. The van der Waals surface area contributed by atoms with E-state index in [1.54, 1.807) is 0 Å². The molecule has 1 N–H and O–H groups in total. The molecular formula is C28H36F6N2O4Si. The van der Waals surface area contributed by atoms with E-state index in [1.165, 1.54) is 25.3 Å². The van der Waals surface area contributed by atoms with Crippen molar-refractivity contribution in [3.63, 3.8) is 0 Å². The summed E-state index contributed by atoms with van der Waals surface area (Å²) >= 11 is 0. The number of alkyl halides is 4. The van der Waals surface area contributed by atoms with Crippen molar-refractivity contribution < 1.29 is 45.0 Å². The highest BCUT2D eigenvalue weighted by Gasteiger charge is 2.66. The Kier molecular flexibility index (Phi) is 9.27. The SMILES string of the molecule is COc1c([C@H]2[C@H](C(=O)Nc3ccnc(C(CF)O[Si](C)(C)C(C)(C)C)c3)O[C@@](C)(C(F)(F)F)[C@H]2C)ccc(F)c1F. The minimum absolute atomic E-state index is 0.116. The minimum Gasteiger partial charge on any atom is -0.493 e. The molecule has 1 amide bonds. The summed E-state index contributed by atoms with van der Waals surface area (Å²) in [6, 6.07) is 4.60. The van der Waals surface area contributed by atoms with Gasteiger partial charge in [0.05, 0.1) is 12.8 Å². The van der Waals surface area contributed by atoms with Crippen LogP contribution in [-0.2, 0) is 14.0 Å². The lowest BCUT2D eigenvalue weighted by Crippen LogP contribution is -2.47. The number of rotatable bonds is 8. The maximum atomic E-state index is 14.6. The third kappa shape index (κ3) is 6.26. The van der Waals surface area contributed by atoms with Gasteiger partial charge in [-0.1, -0.05) is 33.8 Å². The number of carbonyl (C=O) groups excluding carboxylic acids is 1. The van der Waals surface area contributed by atoms with E-state index < -0.39 is 74.1 Å². The van der Waals surface area contributed by atoms with E-state index in [9.17, 15) is 31.1 Å². The molecule has 0 saturated carbocycles. The van der Waals surface area contributed by atoms with Crippen LogP contribution in [0.5, 0.6) is 5.75 Å². The van der Waals surface area contributed by atoms with Gasteiger partial charge in [-0.25, -0.2) is 8.78 Å². The maximum Gasteiger partial charge on any atom is 0.417 e. The zero-order chi connectivity index (χ0) is 31.1. The summed E-state index contributed by atoms with van der Waals surface area (Å²) in [4.78, 5) is 17.7. The molecule has 13 heteroatoms. The first kappa shape index (κ1) is 32.9. The van der Waals surface area contributed by atoms with Gasteiger partial charge in [0.1, 0.15) is 18.9 Å². The normalized spacial score (nSPS) is 24.3. The van der Waals surface area contributed by atoms with Crippen LogP contribution < -0.4 is 10.1 Å². The van der Waals surface area contributed by atoms with Gasteiger partial charge in [0.15, 0.2) is 25.5 Å². The molecule has 1 aliphatic rings. The predicted octanol–water partition coefficient (Wildman–Crippen LogP) is 7.48. The van der Waals surface area contributed by atoms with Gasteiger partial charge in [0.25, 0.3) is 5.91 Å². The van der Waals surface area contributed by atoms with Gasteiger partial charge >= 0.3 is 6.18 Å². The Morgan fingerprint density at radius 2 is 1.83 bits per heavy atom. The molecule has 0 aliphatic carbocycles. The maximum absolute atomic E-state index is 14.6. The number of halogens is 6. The number of pyridine rings is 1. The monoisotopic (exact) mass is 606 g/mol. The molecule has 1 aromatic heterocycles. The Morgan fingerprint density at radius 1 is 1.20 bits per heavy atom. The number of carbonyl (C=O) groups is 1. The molecule has 0 bridgehead atoms. The highest BCUT2D eigenvalue weighted by molar-refractivity contribution is 6.74. The van der Waals surface area contributed by atoms with Gasteiger partial charge in [-0.3, -0.25) is 9.78 Å². The number of benzene rings is 1. The first-order valence-electron chi connectivity index (χ1n) is 13.1. The third-order valence-corrected chi connectivity index (χ3v) is 12.8. The number of ether oxygens (including phenoxy) is 2. The van der Waals surface area contributed by atoms with Crippen LogP contribution in [0.4, 0.5) is 32.0 Å². The van der Waals surface area contributed by atoms with E-state index in [4.69, 9.17) is 13.9 Å². The summed E-state index contributed by atoms with van der Waals surface area (Å²) in [7, 11) is -1.36. The minimum atomic E-state index is -4.90. The fourth-order valence-electron chi connectivity index (χ4n) is 4.66. The van der Waals surface area contributed by atoms with E-state index in [-0.39, 0.29) is 22.0 Å². The van der Waals surface area contributed by atoms with E-state index in [2.05, 4.69) is 10.3 Å². The first-order chi connectivity index (χ1) is 18.8.